The minimum atomic E-state index is -1.01. The molecule has 0 radical (unpaired) electrons. The summed E-state index contributed by atoms with van der Waals surface area (Å²) in [6, 6.07) is -1.44. The summed E-state index contributed by atoms with van der Waals surface area (Å²) in [5.41, 5.74) is 5.56. The van der Waals surface area contributed by atoms with Crippen molar-refractivity contribution in [2.45, 2.75) is 26.3 Å². The molecule has 0 aromatic heterocycles. The van der Waals surface area contributed by atoms with Crippen LogP contribution in [-0.2, 0) is 4.79 Å². The average Bonchev–Trinajstić information content (AvgIpc) is 2.22. The topological polar surface area (TPSA) is 90.5 Å². The molecule has 1 atom stereocenters. The van der Waals surface area contributed by atoms with E-state index in [0.717, 1.165) is 4.90 Å². The fourth-order valence-electron chi connectivity index (χ4n) is 1.53. The van der Waals surface area contributed by atoms with Gasteiger partial charge in [-0.3, -0.25) is 20.0 Å². The van der Waals surface area contributed by atoms with Gasteiger partial charge in [-0.05, 0) is 13.3 Å². The zero-order valence-electron chi connectivity index (χ0n) is 8.99. The summed E-state index contributed by atoms with van der Waals surface area (Å²) >= 11 is 0. The number of amides is 3. The minimum absolute atomic E-state index is 0.111. The standard InChI is InChI=1S/C9H16N4O2/c1-3-5-13-8(14)6(10)7(11)12(4-2)9(13)15/h6,11H,3-5,10H2,1-2H3. The van der Waals surface area contributed by atoms with Crippen molar-refractivity contribution in [1.29, 1.82) is 5.41 Å². The van der Waals surface area contributed by atoms with E-state index in [1.807, 2.05) is 6.92 Å². The molecule has 0 aromatic carbocycles. The van der Waals surface area contributed by atoms with Crippen molar-refractivity contribution < 1.29 is 9.59 Å². The Labute approximate surface area is 88.5 Å². The van der Waals surface area contributed by atoms with Gasteiger partial charge in [0.05, 0.1) is 0 Å². The Hall–Kier alpha value is -1.43. The Morgan fingerprint density at radius 3 is 2.40 bits per heavy atom. The molecule has 1 rings (SSSR count). The first-order valence-corrected chi connectivity index (χ1v) is 5.01. The van der Waals surface area contributed by atoms with Crippen LogP contribution in [-0.4, -0.2) is 46.7 Å². The third kappa shape index (κ3) is 1.85. The van der Waals surface area contributed by atoms with Crippen molar-refractivity contribution in [3.63, 3.8) is 0 Å². The predicted octanol–water partition coefficient (Wildman–Crippen LogP) is -0.0149. The number of nitrogens with two attached hydrogens (primary N) is 1. The van der Waals surface area contributed by atoms with Crippen LogP contribution in [0.2, 0.25) is 0 Å². The third-order valence-electron chi connectivity index (χ3n) is 2.34. The van der Waals surface area contributed by atoms with Crippen LogP contribution in [0, 0.1) is 5.41 Å². The van der Waals surface area contributed by atoms with E-state index < -0.39 is 18.0 Å². The fraction of sp³-hybridized carbons (Fsp3) is 0.667. The summed E-state index contributed by atoms with van der Waals surface area (Å²) in [6.45, 7) is 4.34. The summed E-state index contributed by atoms with van der Waals surface area (Å²) in [4.78, 5) is 25.7. The molecule has 3 amide bonds. The Balaban J connectivity index is 2.95. The molecule has 0 aliphatic carbocycles. The smallest absolute Gasteiger partial charge is 0.314 e. The molecule has 1 aliphatic heterocycles. The Kier molecular flexibility index (Phi) is 3.41. The third-order valence-corrected chi connectivity index (χ3v) is 2.34. The van der Waals surface area contributed by atoms with Gasteiger partial charge in [-0.1, -0.05) is 6.92 Å². The second kappa shape index (κ2) is 4.39. The molecule has 1 saturated heterocycles. The lowest BCUT2D eigenvalue weighted by Crippen LogP contribution is -2.64. The van der Waals surface area contributed by atoms with Gasteiger partial charge in [-0.25, -0.2) is 4.79 Å². The summed E-state index contributed by atoms with van der Waals surface area (Å²) in [5, 5.41) is 7.57. The summed E-state index contributed by atoms with van der Waals surface area (Å²) in [7, 11) is 0. The number of nitrogens with zero attached hydrogens (tertiary/aromatic N) is 2. The van der Waals surface area contributed by atoms with Crippen LogP contribution in [0.15, 0.2) is 0 Å². The van der Waals surface area contributed by atoms with Crippen LogP contribution in [0.25, 0.3) is 0 Å². The highest BCUT2D eigenvalue weighted by Gasteiger charge is 2.40. The number of carbonyl (C=O) groups excluding carboxylic acids is 2. The van der Waals surface area contributed by atoms with Crippen LogP contribution in [0.3, 0.4) is 0 Å². The molecular formula is C9H16N4O2. The van der Waals surface area contributed by atoms with E-state index in [9.17, 15) is 9.59 Å². The number of rotatable bonds is 3. The first kappa shape index (κ1) is 11.6. The van der Waals surface area contributed by atoms with Gasteiger partial charge in [0.1, 0.15) is 11.9 Å². The van der Waals surface area contributed by atoms with Crippen LogP contribution < -0.4 is 5.73 Å². The van der Waals surface area contributed by atoms with Crippen LogP contribution >= 0.6 is 0 Å². The van der Waals surface area contributed by atoms with Gasteiger partial charge in [-0.15, -0.1) is 0 Å². The highest BCUT2D eigenvalue weighted by Crippen LogP contribution is 2.11. The highest BCUT2D eigenvalue weighted by atomic mass is 16.2. The number of carbonyl (C=O) groups is 2. The van der Waals surface area contributed by atoms with Crippen LogP contribution in [0.1, 0.15) is 20.3 Å². The maximum atomic E-state index is 11.7. The van der Waals surface area contributed by atoms with E-state index in [1.165, 1.54) is 4.90 Å². The molecule has 3 N–H and O–H groups in total. The van der Waals surface area contributed by atoms with E-state index in [1.54, 1.807) is 6.92 Å². The lowest BCUT2D eigenvalue weighted by molar-refractivity contribution is -0.129. The second-order valence-corrected chi connectivity index (χ2v) is 3.38. The normalized spacial score (nSPS) is 22.6. The van der Waals surface area contributed by atoms with Gasteiger partial charge in [-0.2, -0.15) is 0 Å². The molecule has 1 heterocycles. The number of likely N-dealkylation sites (N-methyl/N-ethyl adjacent to an activating group) is 1. The lowest BCUT2D eigenvalue weighted by atomic mass is 10.1. The second-order valence-electron chi connectivity index (χ2n) is 3.38. The van der Waals surface area contributed by atoms with Gasteiger partial charge in [0.25, 0.3) is 5.91 Å². The highest BCUT2D eigenvalue weighted by molar-refractivity contribution is 6.19. The molecule has 0 aromatic rings. The Bertz CT molecular complexity index is 302. The first-order valence-electron chi connectivity index (χ1n) is 5.01. The molecular weight excluding hydrogens is 196 g/mol. The SMILES string of the molecule is CCCN1C(=O)C(N)C(=N)N(CC)C1=O. The van der Waals surface area contributed by atoms with Crippen molar-refractivity contribution in [3.05, 3.63) is 0 Å². The molecule has 6 heteroatoms. The van der Waals surface area contributed by atoms with Gasteiger partial charge >= 0.3 is 6.03 Å². The number of urea groups is 1. The fourth-order valence-corrected chi connectivity index (χ4v) is 1.53. The summed E-state index contributed by atoms with van der Waals surface area (Å²) < 4.78 is 0. The van der Waals surface area contributed by atoms with Crippen molar-refractivity contribution in [2.24, 2.45) is 5.73 Å². The van der Waals surface area contributed by atoms with Crippen LogP contribution in [0.5, 0.6) is 0 Å². The predicted molar refractivity (Wildman–Crippen MR) is 55.5 cm³/mol. The number of imide groups is 1. The van der Waals surface area contributed by atoms with E-state index >= 15 is 0 Å². The monoisotopic (exact) mass is 212 g/mol. The van der Waals surface area contributed by atoms with Gasteiger partial charge < -0.3 is 5.73 Å². The van der Waals surface area contributed by atoms with E-state index in [4.69, 9.17) is 11.1 Å². The molecule has 0 spiro atoms. The average molecular weight is 212 g/mol. The van der Waals surface area contributed by atoms with Crippen molar-refractivity contribution >= 4 is 17.8 Å². The van der Waals surface area contributed by atoms with Gasteiger partial charge in [0.15, 0.2) is 0 Å². The maximum absolute atomic E-state index is 11.7. The molecule has 84 valence electrons. The maximum Gasteiger partial charge on any atom is 0.332 e. The zero-order chi connectivity index (χ0) is 11.6. The molecule has 1 unspecified atom stereocenters. The number of nitrogens with one attached hydrogen (secondary N) is 1. The van der Waals surface area contributed by atoms with Gasteiger partial charge in [0.2, 0.25) is 0 Å². The van der Waals surface area contributed by atoms with E-state index in [0.29, 0.717) is 19.5 Å². The lowest BCUT2D eigenvalue weighted by Gasteiger charge is -2.36. The van der Waals surface area contributed by atoms with Crippen LogP contribution in [0.4, 0.5) is 4.79 Å². The minimum Gasteiger partial charge on any atom is -0.314 e. The quantitative estimate of drug-likeness (QED) is 0.689. The number of hydrogen-bond acceptors (Lipinski definition) is 4. The van der Waals surface area contributed by atoms with E-state index in [-0.39, 0.29) is 5.84 Å². The number of amidine groups is 1. The Morgan fingerprint density at radius 1 is 1.33 bits per heavy atom. The molecule has 0 bridgehead atoms. The van der Waals surface area contributed by atoms with Crippen molar-refractivity contribution in [2.75, 3.05) is 13.1 Å². The molecule has 15 heavy (non-hydrogen) atoms. The summed E-state index contributed by atoms with van der Waals surface area (Å²) in [6.07, 6.45) is 0.690. The molecule has 1 fully saturated rings. The van der Waals surface area contributed by atoms with E-state index in [2.05, 4.69) is 0 Å². The zero-order valence-corrected chi connectivity index (χ0v) is 8.99. The number of hydrogen-bond donors (Lipinski definition) is 2. The van der Waals surface area contributed by atoms with Gasteiger partial charge in [0, 0.05) is 13.1 Å². The van der Waals surface area contributed by atoms with Crippen molar-refractivity contribution in [3.8, 4) is 0 Å². The molecule has 1 aliphatic rings. The molecule has 0 saturated carbocycles. The molecule has 6 nitrogen and oxygen atoms in total. The first-order chi connectivity index (χ1) is 7.04. The largest absolute Gasteiger partial charge is 0.332 e. The van der Waals surface area contributed by atoms with Crippen molar-refractivity contribution in [1.82, 2.24) is 9.80 Å². The summed E-state index contributed by atoms with van der Waals surface area (Å²) in [5.74, 6) is -0.587. The Morgan fingerprint density at radius 2 is 1.93 bits per heavy atom.